The Morgan fingerprint density at radius 2 is 2.22 bits per heavy atom. The molecule has 1 aromatic rings. The Morgan fingerprint density at radius 3 is 2.93 bits per heavy atom. The molecule has 1 saturated carbocycles. The maximum absolute atomic E-state index is 12.9. The highest BCUT2D eigenvalue weighted by atomic mass is 35.5. The van der Waals surface area contributed by atoms with E-state index in [9.17, 15) is 4.79 Å². The zero-order chi connectivity index (χ0) is 18.5. The van der Waals surface area contributed by atoms with Crippen molar-refractivity contribution >= 4 is 18.3 Å². The fraction of sp³-hybridized carbons (Fsp3) is 0.714. The van der Waals surface area contributed by atoms with E-state index >= 15 is 0 Å². The maximum Gasteiger partial charge on any atom is 0.249 e. The number of carbonyl (C=O) groups is 1. The van der Waals surface area contributed by atoms with E-state index in [0.29, 0.717) is 17.8 Å². The minimum absolute atomic E-state index is 0. The predicted molar refractivity (Wildman–Crippen MR) is 110 cm³/mol. The Bertz CT molecular complexity index is 584. The van der Waals surface area contributed by atoms with Gasteiger partial charge in [-0.1, -0.05) is 33.3 Å². The first kappa shape index (κ1) is 22.1. The average molecular weight is 396 g/mol. The van der Waals surface area contributed by atoms with Crippen LogP contribution in [0.1, 0.15) is 51.6 Å². The molecule has 4 atom stereocenters. The quantitative estimate of drug-likeness (QED) is 0.829. The minimum atomic E-state index is 0. The number of carbonyl (C=O) groups excluding carboxylic acids is 1. The van der Waals surface area contributed by atoms with Crippen molar-refractivity contribution in [3.05, 3.63) is 30.1 Å². The highest BCUT2D eigenvalue weighted by Crippen LogP contribution is 2.35. The molecule has 5 nitrogen and oxygen atoms in total. The molecule has 1 N–H and O–H groups in total. The zero-order valence-electron chi connectivity index (χ0n) is 16.8. The number of rotatable bonds is 5. The van der Waals surface area contributed by atoms with Crippen LogP contribution < -0.4 is 5.32 Å². The zero-order valence-corrected chi connectivity index (χ0v) is 17.6. The van der Waals surface area contributed by atoms with E-state index < -0.39 is 0 Å². The lowest BCUT2D eigenvalue weighted by atomic mass is 9.75. The molecule has 0 bridgehead atoms. The van der Waals surface area contributed by atoms with Crippen LogP contribution in [0.5, 0.6) is 0 Å². The third-order valence-corrected chi connectivity index (χ3v) is 6.02. The number of ether oxygens (including phenoxy) is 1. The lowest BCUT2D eigenvalue weighted by molar-refractivity contribution is -0.145. The van der Waals surface area contributed by atoms with Crippen molar-refractivity contribution < 1.29 is 9.53 Å². The predicted octanol–water partition coefficient (Wildman–Crippen LogP) is 3.45. The highest BCUT2D eigenvalue weighted by Gasteiger charge is 2.33. The van der Waals surface area contributed by atoms with Gasteiger partial charge >= 0.3 is 0 Å². The maximum atomic E-state index is 12.9. The monoisotopic (exact) mass is 395 g/mol. The molecule has 0 spiro atoms. The third-order valence-electron chi connectivity index (χ3n) is 6.02. The van der Waals surface area contributed by atoms with E-state index in [1.54, 1.807) is 6.20 Å². The van der Waals surface area contributed by atoms with Gasteiger partial charge in [0.15, 0.2) is 0 Å². The van der Waals surface area contributed by atoms with Gasteiger partial charge in [-0.05, 0) is 42.2 Å². The average Bonchev–Trinajstić information content (AvgIpc) is 2.66. The summed E-state index contributed by atoms with van der Waals surface area (Å²) in [6.45, 7) is 9.35. The Hall–Kier alpha value is -1.17. The van der Waals surface area contributed by atoms with Crippen LogP contribution in [0, 0.1) is 17.8 Å². The molecule has 6 heteroatoms. The number of piperazine rings is 1. The number of amides is 1. The van der Waals surface area contributed by atoms with E-state index in [1.807, 2.05) is 23.2 Å². The fourth-order valence-electron chi connectivity index (χ4n) is 4.44. The van der Waals surface area contributed by atoms with Crippen LogP contribution in [0.4, 0.5) is 0 Å². The lowest BCUT2D eigenvalue weighted by Crippen LogP contribution is -2.50. The van der Waals surface area contributed by atoms with Gasteiger partial charge < -0.3 is 15.0 Å². The number of aromatic nitrogens is 1. The van der Waals surface area contributed by atoms with Crippen LogP contribution in [0.2, 0.25) is 0 Å². The number of nitrogens with one attached hydrogen (secondary N) is 1. The molecule has 0 radical (unpaired) electrons. The molecule has 2 heterocycles. The molecule has 1 aliphatic heterocycles. The second-order valence-corrected chi connectivity index (χ2v) is 8.27. The molecule has 152 valence electrons. The van der Waals surface area contributed by atoms with Crippen LogP contribution in [-0.2, 0) is 9.53 Å². The third kappa shape index (κ3) is 5.66. The van der Waals surface area contributed by atoms with Crippen molar-refractivity contribution in [3.63, 3.8) is 0 Å². The van der Waals surface area contributed by atoms with Crippen LogP contribution in [0.3, 0.4) is 0 Å². The van der Waals surface area contributed by atoms with Crippen molar-refractivity contribution in [2.45, 2.75) is 52.2 Å². The molecule has 0 aromatic carbocycles. The molecule has 3 rings (SSSR count). The molecule has 2 fully saturated rings. The van der Waals surface area contributed by atoms with E-state index in [4.69, 9.17) is 4.74 Å². The van der Waals surface area contributed by atoms with Crippen molar-refractivity contribution in [2.75, 3.05) is 26.2 Å². The van der Waals surface area contributed by atoms with Gasteiger partial charge in [-0.25, -0.2) is 0 Å². The first-order chi connectivity index (χ1) is 12.6. The topological polar surface area (TPSA) is 54.5 Å². The molecule has 1 amide bonds. The van der Waals surface area contributed by atoms with Crippen molar-refractivity contribution in [2.24, 2.45) is 17.8 Å². The van der Waals surface area contributed by atoms with Gasteiger partial charge in [-0.2, -0.15) is 0 Å². The van der Waals surface area contributed by atoms with Crippen LogP contribution in [0.25, 0.3) is 0 Å². The molecule has 1 saturated heterocycles. The molecular weight excluding hydrogens is 362 g/mol. The summed E-state index contributed by atoms with van der Waals surface area (Å²) in [6.07, 6.45) is 7.40. The van der Waals surface area contributed by atoms with E-state index in [0.717, 1.165) is 31.6 Å². The number of nitrogens with zero attached hydrogens (tertiary/aromatic N) is 2. The summed E-state index contributed by atoms with van der Waals surface area (Å²) in [5.74, 6) is 1.95. The summed E-state index contributed by atoms with van der Waals surface area (Å²) in [4.78, 5) is 19.1. The van der Waals surface area contributed by atoms with Gasteiger partial charge in [-0.3, -0.25) is 9.78 Å². The van der Waals surface area contributed by atoms with Crippen LogP contribution in [0.15, 0.2) is 24.5 Å². The standard InChI is InChI=1S/C21H33N3O2.ClH/c1-15(2)18-7-6-16(3)11-20(18)26-14-21(25)24-10-9-23-13-19(24)17-5-4-8-22-12-17;/h4-5,8,12,15-16,18-20,23H,6-7,9-11,13-14H2,1-3H3;1H. The Labute approximate surface area is 169 Å². The van der Waals surface area contributed by atoms with Crippen molar-refractivity contribution in [3.8, 4) is 0 Å². The Kier molecular flexibility index (Phi) is 8.52. The van der Waals surface area contributed by atoms with E-state index in [1.165, 1.54) is 12.8 Å². The van der Waals surface area contributed by atoms with Crippen molar-refractivity contribution in [1.82, 2.24) is 15.2 Å². The number of halogens is 1. The largest absolute Gasteiger partial charge is 0.368 e. The summed E-state index contributed by atoms with van der Waals surface area (Å²) in [7, 11) is 0. The van der Waals surface area contributed by atoms with E-state index in [-0.39, 0.29) is 37.1 Å². The summed E-state index contributed by atoms with van der Waals surface area (Å²) in [5, 5.41) is 3.39. The second kappa shape index (κ2) is 10.4. The summed E-state index contributed by atoms with van der Waals surface area (Å²) in [6, 6.07) is 4.02. The smallest absolute Gasteiger partial charge is 0.249 e. The number of pyridine rings is 1. The normalized spacial score (nSPS) is 28.7. The molecule has 1 aliphatic carbocycles. The molecule has 27 heavy (non-hydrogen) atoms. The SMILES string of the molecule is CC1CCC(C(C)C)C(OCC(=O)N2CCNCC2c2cccnc2)C1.Cl. The van der Waals surface area contributed by atoms with Gasteiger partial charge in [0, 0.05) is 32.0 Å². The summed E-state index contributed by atoms with van der Waals surface area (Å²) in [5.41, 5.74) is 1.08. The minimum Gasteiger partial charge on any atom is -0.368 e. The molecule has 1 aromatic heterocycles. The fourth-order valence-corrected chi connectivity index (χ4v) is 4.44. The van der Waals surface area contributed by atoms with Crippen molar-refractivity contribution in [1.29, 1.82) is 0 Å². The highest BCUT2D eigenvalue weighted by molar-refractivity contribution is 5.85. The van der Waals surface area contributed by atoms with Gasteiger partial charge in [0.1, 0.15) is 6.61 Å². The first-order valence-corrected chi connectivity index (χ1v) is 10.1. The lowest BCUT2D eigenvalue weighted by Gasteiger charge is -2.39. The van der Waals surface area contributed by atoms with Gasteiger partial charge in [0.2, 0.25) is 5.91 Å². The summed E-state index contributed by atoms with van der Waals surface area (Å²) >= 11 is 0. The number of hydrogen-bond acceptors (Lipinski definition) is 4. The molecular formula is C21H34ClN3O2. The Balaban J connectivity index is 0.00000261. The van der Waals surface area contributed by atoms with E-state index in [2.05, 4.69) is 31.1 Å². The van der Waals surface area contributed by atoms with Gasteiger partial charge in [0.25, 0.3) is 0 Å². The molecule has 4 unspecified atom stereocenters. The summed E-state index contributed by atoms with van der Waals surface area (Å²) < 4.78 is 6.20. The second-order valence-electron chi connectivity index (χ2n) is 8.27. The number of hydrogen-bond donors (Lipinski definition) is 1. The van der Waals surface area contributed by atoms with Gasteiger partial charge in [0.05, 0.1) is 12.1 Å². The first-order valence-electron chi connectivity index (χ1n) is 10.1. The Morgan fingerprint density at radius 1 is 1.41 bits per heavy atom. The van der Waals surface area contributed by atoms with Crippen LogP contribution >= 0.6 is 12.4 Å². The van der Waals surface area contributed by atoms with Crippen LogP contribution in [-0.4, -0.2) is 48.1 Å². The molecule has 2 aliphatic rings. The van der Waals surface area contributed by atoms with Gasteiger partial charge in [-0.15, -0.1) is 12.4 Å².